The topological polar surface area (TPSA) is 76.5 Å². The second-order valence-electron chi connectivity index (χ2n) is 9.08. The van der Waals surface area contributed by atoms with Crippen molar-refractivity contribution >= 4 is 23.8 Å². The van der Waals surface area contributed by atoms with Crippen LogP contribution in [0.1, 0.15) is 50.0 Å². The Morgan fingerprint density at radius 3 is 2.77 bits per heavy atom. The van der Waals surface area contributed by atoms with Gasteiger partial charge in [-0.25, -0.2) is 9.78 Å². The summed E-state index contributed by atoms with van der Waals surface area (Å²) in [4.78, 5) is 31.4. The second kappa shape index (κ2) is 9.77. The molecule has 2 amide bonds. The number of amides is 2. The van der Waals surface area contributed by atoms with E-state index in [-0.39, 0.29) is 24.0 Å². The van der Waals surface area contributed by atoms with Crippen LogP contribution in [-0.2, 0) is 17.5 Å². The van der Waals surface area contributed by atoms with E-state index in [1.807, 2.05) is 62.8 Å². The molecule has 1 aromatic carbocycles. The van der Waals surface area contributed by atoms with Gasteiger partial charge in [0.05, 0.1) is 0 Å². The Morgan fingerprint density at radius 1 is 1.32 bits per heavy atom. The number of nitrogens with zero attached hydrogens (tertiary/aromatic N) is 3. The first-order chi connectivity index (χ1) is 14.6. The van der Waals surface area contributed by atoms with Gasteiger partial charge in [0.25, 0.3) is 5.91 Å². The average Bonchev–Trinajstić information content (AvgIpc) is 3.11. The SMILES string of the molecule is C[C@@H]1CCN(C(=O)OC(C)(C)C)C[C@H]1NC(=O)c1cccc(CSc2nccn2C)c1. The van der Waals surface area contributed by atoms with Crippen molar-refractivity contribution in [3.8, 4) is 0 Å². The van der Waals surface area contributed by atoms with E-state index >= 15 is 0 Å². The lowest BCUT2D eigenvalue weighted by atomic mass is 9.93. The molecule has 0 saturated carbocycles. The van der Waals surface area contributed by atoms with Crippen molar-refractivity contribution < 1.29 is 14.3 Å². The molecule has 0 bridgehead atoms. The number of piperidine rings is 1. The van der Waals surface area contributed by atoms with Crippen LogP contribution in [0.4, 0.5) is 4.79 Å². The second-order valence-corrected chi connectivity index (χ2v) is 10.0. The average molecular weight is 445 g/mol. The number of thioether (sulfide) groups is 1. The van der Waals surface area contributed by atoms with Crippen molar-refractivity contribution in [3.63, 3.8) is 0 Å². The summed E-state index contributed by atoms with van der Waals surface area (Å²) in [7, 11) is 1.96. The number of hydrogen-bond donors (Lipinski definition) is 1. The molecule has 7 nitrogen and oxygen atoms in total. The fourth-order valence-corrected chi connectivity index (χ4v) is 4.32. The van der Waals surface area contributed by atoms with Gasteiger partial charge in [-0.15, -0.1) is 0 Å². The smallest absolute Gasteiger partial charge is 0.410 e. The van der Waals surface area contributed by atoms with Crippen molar-refractivity contribution in [3.05, 3.63) is 47.8 Å². The van der Waals surface area contributed by atoms with Gasteiger partial charge < -0.3 is 19.5 Å². The molecule has 0 radical (unpaired) electrons. The van der Waals surface area contributed by atoms with E-state index in [0.717, 1.165) is 22.9 Å². The summed E-state index contributed by atoms with van der Waals surface area (Å²) in [5.74, 6) is 0.898. The molecule has 1 saturated heterocycles. The van der Waals surface area contributed by atoms with Crippen LogP contribution in [0.15, 0.2) is 41.8 Å². The molecule has 31 heavy (non-hydrogen) atoms. The van der Waals surface area contributed by atoms with E-state index in [0.29, 0.717) is 18.7 Å². The summed E-state index contributed by atoms with van der Waals surface area (Å²) in [6.45, 7) is 8.78. The van der Waals surface area contributed by atoms with E-state index in [2.05, 4.69) is 17.2 Å². The largest absolute Gasteiger partial charge is 0.444 e. The van der Waals surface area contributed by atoms with Gasteiger partial charge in [0.2, 0.25) is 0 Å². The van der Waals surface area contributed by atoms with Gasteiger partial charge in [-0.3, -0.25) is 4.79 Å². The molecule has 8 heteroatoms. The Hall–Kier alpha value is -2.48. The fraction of sp³-hybridized carbons (Fsp3) is 0.522. The van der Waals surface area contributed by atoms with Crippen LogP contribution in [0.5, 0.6) is 0 Å². The Labute approximate surface area is 188 Å². The highest BCUT2D eigenvalue weighted by Crippen LogP contribution is 2.22. The number of likely N-dealkylation sites (tertiary alicyclic amines) is 1. The molecule has 1 N–H and O–H groups in total. The summed E-state index contributed by atoms with van der Waals surface area (Å²) in [5.41, 5.74) is 1.15. The minimum atomic E-state index is -0.535. The maximum absolute atomic E-state index is 12.9. The monoisotopic (exact) mass is 444 g/mol. The lowest BCUT2D eigenvalue weighted by Gasteiger charge is -2.38. The fourth-order valence-electron chi connectivity index (χ4n) is 3.44. The van der Waals surface area contributed by atoms with E-state index in [1.165, 1.54) is 0 Å². The number of benzene rings is 1. The van der Waals surface area contributed by atoms with E-state index < -0.39 is 5.60 Å². The first kappa shape index (κ1) is 23.2. The predicted octanol–water partition coefficient (Wildman–Crippen LogP) is 4.09. The Morgan fingerprint density at radius 2 is 2.10 bits per heavy atom. The van der Waals surface area contributed by atoms with Gasteiger partial charge in [-0.2, -0.15) is 0 Å². The van der Waals surface area contributed by atoms with Crippen molar-refractivity contribution in [2.75, 3.05) is 13.1 Å². The first-order valence-electron chi connectivity index (χ1n) is 10.6. The van der Waals surface area contributed by atoms with Crippen LogP contribution in [0.3, 0.4) is 0 Å². The summed E-state index contributed by atoms with van der Waals surface area (Å²) in [5, 5.41) is 4.07. The molecule has 2 aromatic rings. The molecule has 0 unspecified atom stereocenters. The highest BCUT2D eigenvalue weighted by Gasteiger charge is 2.32. The van der Waals surface area contributed by atoms with Gasteiger partial charge in [0.1, 0.15) is 5.60 Å². The maximum atomic E-state index is 12.9. The Bertz CT molecular complexity index is 922. The normalized spacial score (nSPS) is 19.2. The lowest BCUT2D eigenvalue weighted by molar-refractivity contribution is 0.0146. The first-order valence-corrected chi connectivity index (χ1v) is 11.6. The van der Waals surface area contributed by atoms with Gasteiger partial charge >= 0.3 is 6.09 Å². The molecule has 0 aliphatic carbocycles. The number of aryl methyl sites for hydroxylation is 1. The molecule has 1 fully saturated rings. The van der Waals surface area contributed by atoms with Gasteiger partial charge in [-0.1, -0.05) is 30.8 Å². The molecule has 1 aliphatic heterocycles. The summed E-state index contributed by atoms with van der Waals surface area (Å²) >= 11 is 1.63. The molecule has 1 aliphatic rings. The van der Waals surface area contributed by atoms with Crippen molar-refractivity contribution in [1.29, 1.82) is 0 Å². The van der Waals surface area contributed by atoms with Gasteiger partial charge in [0, 0.05) is 49.9 Å². The number of imidazole rings is 1. The van der Waals surface area contributed by atoms with Crippen LogP contribution < -0.4 is 5.32 Å². The minimum absolute atomic E-state index is 0.112. The van der Waals surface area contributed by atoms with Crippen LogP contribution in [0.25, 0.3) is 0 Å². The number of carbonyl (C=O) groups excluding carboxylic acids is 2. The van der Waals surface area contributed by atoms with E-state index in [4.69, 9.17) is 4.74 Å². The molecule has 2 atom stereocenters. The van der Waals surface area contributed by atoms with E-state index in [1.54, 1.807) is 22.9 Å². The summed E-state index contributed by atoms with van der Waals surface area (Å²) in [6.07, 6.45) is 4.19. The minimum Gasteiger partial charge on any atom is -0.444 e. The van der Waals surface area contributed by atoms with Crippen LogP contribution >= 0.6 is 11.8 Å². The summed E-state index contributed by atoms with van der Waals surface area (Å²) in [6, 6.07) is 7.55. The summed E-state index contributed by atoms with van der Waals surface area (Å²) < 4.78 is 7.47. The molecule has 168 valence electrons. The number of carbonyl (C=O) groups is 2. The predicted molar refractivity (Wildman–Crippen MR) is 122 cm³/mol. The zero-order chi connectivity index (χ0) is 22.6. The van der Waals surface area contributed by atoms with Crippen LogP contribution in [-0.4, -0.2) is 51.2 Å². The standard InChI is InChI=1S/C23H32N4O3S/c1-16-9-11-27(22(29)30-23(2,3)4)14-19(16)25-20(28)18-8-6-7-17(13-18)15-31-21-24-10-12-26(21)5/h6-8,10,12-13,16,19H,9,11,14-15H2,1-5H3,(H,25,28)/t16-,19-/m1/s1. The third-order valence-corrected chi connectivity index (χ3v) is 6.39. The lowest BCUT2D eigenvalue weighted by Crippen LogP contribution is -2.54. The molecule has 0 spiro atoms. The highest BCUT2D eigenvalue weighted by atomic mass is 32.2. The van der Waals surface area contributed by atoms with E-state index in [9.17, 15) is 9.59 Å². The molecule has 2 heterocycles. The number of aromatic nitrogens is 2. The Kier molecular flexibility index (Phi) is 7.30. The van der Waals surface area contributed by atoms with Crippen LogP contribution in [0, 0.1) is 5.92 Å². The zero-order valence-corrected chi connectivity index (χ0v) is 19.7. The Balaban J connectivity index is 1.60. The highest BCUT2D eigenvalue weighted by molar-refractivity contribution is 7.98. The molecular formula is C23H32N4O3S. The number of hydrogen-bond acceptors (Lipinski definition) is 5. The van der Waals surface area contributed by atoms with Gasteiger partial charge in [0.15, 0.2) is 5.16 Å². The zero-order valence-electron chi connectivity index (χ0n) is 18.9. The van der Waals surface area contributed by atoms with Crippen LogP contribution in [0.2, 0.25) is 0 Å². The third kappa shape index (κ3) is 6.50. The quantitative estimate of drug-likeness (QED) is 0.703. The third-order valence-electron chi connectivity index (χ3n) is 5.26. The molecular weight excluding hydrogens is 412 g/mol. The maximum Gasteiger partial charge on any atom is 0.410 e. The number of nitrogens with one attached hydrogen (secondary N) is 1. The number of rotatable bonds is 5. The number of ether oxygens (including phenoxy) is 1. The van der Waals surface area contributed by atoms with Crippen molar-refractivity contribution in [2.24, 2.45) is 13.0 Å². The molecule has 3 rings (SSSR count). The van der Waals surface area contributed by atoms with Crippen molar-refractivity contribution in [2.45, 2.75) is 56.7 Å². The molecule has 1 aromatic heterocycles. The van der Waals surface area contributed by atoms with Gasteiger partial charge in [-0.05, 0) is 50.8 Å². The van der Waals surface area contributed by atoms with Crippen molar-refractivity contribution in [1.82, 2.24) is 19.8 Å².